The lowest BCUT2D eigenvalue weighted by Gasteiger charge is -2.15. The first-order valence-electron chi connectivity index (χ1n) is 6.06. The molecule has 3 nitrogen and oxygen atoms in total. The fourth-order valence-corrected chi connectivity index (χ4v) is 3.19. The van der Waals surface area contributed by atoms with E-state index in [0.29, 0.717) is 11.6 Å². The third-order valence-electron chi connectivity index (χ3n) is 2.93. The Bertz CT molecular complexity index is 801. The Morgan fingerprint density at radius 3 is 2.32 bits per heavy atom. The van der Waals surface area contributed by atoms with Crippen LogP contribution in [0.25, 0.3) is 0 Å². The average molecular weight is 333 g/mol. The first-order valence-corrected chi connectivity index (χ1v) is 7.55. The third kappa shape index (κ3) is 3.38. The highest BCUT2D eigenvalue weighted by molar-refractivity contribution is 7.92. The van der Waals surface area contributed by atoms with Gasteiger partial charge in [-0.2, -0.15) is 13.2 Å². The molecular weight excluding hydrogens is 322 g/mol. The van der Waals surface area contributed by atoms with Crippen LogP contribution in [0.4, 0.5) is 23.2 Å². The minimum Gasteiger partial charge on any atom is -0.279 e. The number of halogens is 4. The summed E-state index contributed by atoms with van der Waals surface area (Å²) in [6, 6.07) is 7.15. The largest absolute Gasteiger partial charge is 0.417 e. The zero-order chi connectivity index (χ0) is 16.5. The van der Waals surface area contributed by atoms with Gasteiger partial charge in [0.15, 0.2) is 0 Å². The van der Waals surface area contributed by atoms with E-state index in [1.165, 1.54) is 19.1 Å². The van der Waals surface area contributed by atoms with Gasteiger partial charge in [-0.15, -0.1) is 0 Å². The summed E-state index contributed by atoms with van der Waals surface area (Å²) < 4.78 is 78.3. The average Bonchev–Trinajstić information content (AvgIpc) is 2.42. The van der Waals surface area contributed by atoms with Crippen molar-refractivity contribution in [3.8, 4) is 0 Å². The Morgan fingerprint density at radius 1 is 1.05 bits per heavy atom. The number of anilines is 1. The second-order valence-electron chi connectivity index (χ2n) is 4.56. The van der Waals surface area contributed by atoms with Crippen molar-refractivity contribution >= 4 is 15.7 Å². The molecule has 0 fully saturated rings. The molecule has 0 aromatic heterocycles. The van der Waals surface area contributed by atoms with E-state index in [9.17, 15) is 26.0 Å². The highest BCUT2D eigenvalue weighted by Gasteiger charge is 2.37. The second-order valence-corrected chi connectivity index (χ2v) is 6.21. The number of hydrogen-bond acceptors (Lipinski definition) is 2. The van der Waals surface area contributed by atoms with E-state index in [-0.39, 0.29) is 5.69 Å². The van der Waals surface area contributed by atoms with Gasteiger partial charge < -0.3 is 0 Å². The molecule has 2 aromatic rings. The van der Waals surface area contributed by atoms with Crippen LogP contribution in [-0.2, 0) is 16.2 Å². The topological polar surface area (TPSA) is 46.2 Å². The molecule has 0 amide bonds. The van der Waals surface area contributed by atoms with Gasteiger partial charge >= 0.3 is 6.18 Å². The lowest BCUT2D eigenvalue weighted by molar-refractivity contribution is -0.139. The molecule has 0 aliphatic carbocycles. The van der Waals surface area contributed by atoms with E-state index in [4.69, 9.17) is 0 Å². The summed E-state index contributed by atoms with van der Waals surface area (Å²) in [5.41, 5.74) is -1.01. The molecule has 22 heavy (non-hydrogen) atoms. The van der Waals surface area contributed by atoms with Crippen LogP contribution < -0.4 is 4.72 Å². The van der Waals surface area contributed by atoms with Crippen molar-refractivity contribution in [2.45, 2.75) is 18.0 Å². The molecule has 0 heterocycles. The van der Waals surface area contributed by atoms with Gasteiger partial charge in [0, 0.05) is 0 Å². The Hall–Kier alpha value is -2.09. The molecule has 2 aromatic carbocycles. The van der Waals surface area contributed by atoms with Gasteiger partial charge in [-0.05, 0) is 36.8 Å². The van der Waals surface area contributed by atoms with Crippen LogP contribution >= 0.6 is 0 Å². The maximum Gasteiger partial charge on any atom is 0.417 e. The van der Waals surface area contributed by atoms with Crippen molar-refractivity contribution in [3.05, 3.63) is 59.4 Å². The summed E-state index contributed by atoms with van der Waals surface area (Å²) >= 11 is 0. The van der Waals surface area contributed by atoms with Crippen LogP contribution in [0.1, 0.15) is 11.1 Å². The first kappa shape index (κ1) is 16.3. The van der Waals surface area contributed by atoms with Crippen molar-refractivity contribution in [2.24, 2.45) is 0 Å². The molecule has 0 spiro atoms. The molecule has 118 valence electrons. The molecule has 0 aliphatic rings. The predicted octanol–water partition coefficient (Wildman–Crippen LogP) is 3.95. The number of sulfonamides is 1. The molecule has 0 radical (unpaired) electrons. The fraction of sp³-hybridized carbons (Fsp3) is 0.143. The van der Waals surface area contributed by atoms with Crippen LogP contribution in [0, 0.1) is 12.7 Å². The van der Waals surface area contributed by atoms with Crippen LogP contribution in [0.15, 0.2) is 47.4 Å². The van der Waals surface area contributed by atoms with E-state index in [0.717, 1.165) is 24.3 Å². The van der Waals surface area contributed by atoms with E-state index >= 15 is 0 Å². The van der Waals surface area contributed by atoms with Gasteiger partial charge in [0.2, 0.25) is 0 Å². The zero-order valence-corrected chi connectivity index (χ0v) is 12.1. The van der Waals surface area contributed by atoms with Crippen LogP contribution in [0.2, 0.25) is 0 Å². The van der Waals surface area contributed by atoms with Crippen LogP contribution in [-0.4, -0.2) is 8.42 Å². The smallest absolute Gasteiger partial charge is 0.279 e. The van der Waals surface area contributed by atoms with Crippen molar-refractivity contribution in [1.29, 1.82) is 0 Å². The maximum absolute atomic E-state index is 13.2. The monoisotopic (exact) mass is 333 g/mol. The Morgan fingerprint density at radius 2 is 1.68 bits per heavy atom. The number of rotatable bonds is 3. The summed E-state index contributed by atoms with van der Waals surface area (Å²) in [6.45, 7) is 1.51. The van der Waals surface area contributed by atoms with Gasteiger partial charge in [0.25, 0.3) is 10.0 Å². The predicted molar refractivity (Wildman–Crippen MR) is 73.4 cm³/mol. The first-order chi connectivity index (χ1) is 10.1. The van der Waals surface area contributed by atoms with E-state index in [2.05, 4.69) is 0 Å². The van der Waals surface area contributed by atoms with Crippen LogP contribution in [0.3, 0.4) is 0 Å². The highest BCUT2D eigenvalue weighted by atomic mass is 32.2. The summed E-state index contributed by atoms with van der Waals surface area (Å²) in [4.78, 5) is -0.911. The second kappa shape index (κ2) is 5.60. The van der Waals surface area contributed by atoms with Gasteiger partial charge in [-0.25, -0.2) is 12.8 Å². The maximum atomic E-state index is 13.2. The summed E-state index contributed by atoms with van der Waals surface area (Å²) in [5.74, 6) is -0.701. The Labute approximate surface area is 124 Å². The van der Waals surface area contributed by atoms with Crippen molar-refractivity contribution < 1.29 is 26.0 Å². The number of alkyl halides is 3. The molecule has 1 N–H and O–H groups in total. The summed E-state index contributed by atoms with van der Waals surface area (Å²) in [7, 11) is -4.50. The number of nitrogens with one attached hydrogen (secondary N) is 1. The molecule has 2 rings (SSSR count). The zero-order valence-electron chi connectivity index (χ0n) is 11.3. The third-order valence-corrected chi connectivity index (χ3v) is 4.35. The van der Waals surface area contributed by atoms with Crippen molar-refractivity contribution in [1.82, 2.24) is 0 Å². The van der Waals surface area contributed by atoms with Crippen molar-refractivity contribution in [3.63, 3.8) is 0 Å². The van der Waals surface area contributed by atoms with Crippen LogP contribution in [0.5, 0.6) is 0 Å². The molecule has 0 aliphatic heterocycles. The molecule has 0 bridgehead atoms. The Kier molecular flexibility index (Phi) is 4.15. The summed E-state index contributed by atoms with van der Waals surface area (Å²) in [5, 5.41) is 0. The number of aryl methyl sites for hydroxylation is 1. The highest BCUT2D eigenvalue weighted by Crippen LogP contribution is 2.34. The quantitative estimate of drug-likeness (QED) is 0.865. The van der Waals surface area contributed by atoms with E-state index in [1.807, 2.05) is 4.72 Å². The molecule has 0 saturated carbocycles. The molecule has 0 saturated heterocycles. The lowest BCUT2D eigenvalue weighted by atomic mass is 10.2. The normalized spacial score (nSPS) is 12.2. The van der Waals surface area contributed by atoms with Gasteiger partial charge in [0.1, 0.15) is 5.82 Å². The molecule has 0 unspecified atom stereocenters. The van der Waals surface area contributed by atoms with Gasteiger partial charge in [0.05, 0.1) is 16.1 Å². The van der Waals surface area contributed by atoms with Gasteiger partial charge in [-0.3, -0.25) is 4.72 Å². The van der Waals surface area contributed by atoms with E-state index < -0.39 is 32.5 Å². The lowest BCUT2D eigenvalue weighted by Crippen LogP contribution is -2.19. The standard InChI is InChI=1S/C14H11F4NO2S/c1-9-6-7-10(15)8-12(9)19-22(20,21)13-5-3-2-4-11(13)14(16,17)18/h2-8,19H,1H3. The molecule has 8 heteroatoms. The number of benzene rings is 2. The minimum absolute atomic E-state index is 0.114. The Balaban J connectivity index is 2.51. The molecular formula is C14H11F4NO2S. The van der Waals surface area contributed by atoms with E-state index in [1.54, 1.807) is 0 Å². The van der Waals surface area contributed by atoms with Gasteiger partial charge in [-0.1, -0.05) is 18.2 Å². The number of hydrogen-bond donors (Lipinski definition) is 1. The van der Waals surface area contributed by atoms with Crippen molar-refractivity contribution in [2.75, 3.05) is 4.72 Å². The minimum atomic E-state index is -4.82. The molecule has 0 atom stereocenters. The SMILES string of the molecule is Cc1ccc(F)cc1NS(=O)(=O)c1ccccc1C(F)(F)F. The fourth-order valence-electron chi connectivity index (χ4n) is 1.84. The summed E-state index contributed by atoms with van der Waals surface area (Å²) in [6.07, 6.45) is -4.82.